The molecule has 0 rings (SSSR count). The molecular formula is C10H21NO4S. The van der Waals surface area contributed by atoms with Gasteiger partial charge in [0.15, 0.2) is 0 Å². The van der Waals surface area contributed by atoms with Crippen molar-refractivity contribution in [2.24, 2.45) is 11.8 Å². The molecule has 0 spiro atoms. The minimum atomic E-state index is -3.37. The van der Waals surface area contributed by atoms with Crippen molar-refractivity contribution < 1.29 is 18.0 Å². The van der Waals surface area contributed by atoms with Crippen molar-refractivity contribution in [2.75, 3.05) is 6.26 Å². The van der Waals surface area contributed by atoms with Gasteiger partial charge < -0.3 is 0 Å². The summed E-state index contributed by atoms with van der Waals surface area (Å²) in [5.74, 6) is -0.294. The average molecular weight is 251 g/mol. The summed E-state index contributed by atoms with van der Waals surface area (Å²) in [5, 5.41) is 0. The van der Waals surface area contributed by atoms with E-state index < -0.39 is 15.9 Å². The zero-order valence-electron chi connectivity index (χ0n) is 10.7. The summed E-state index contributed by atoms with van der Waals surface area (Å²) < 4.78 is 22.7. The average Bonchev–Trinajstić information content (AvgIpc) is 2.01. The van der Waals surface area contributed by atoms with E-state index >= 15 is 0 Å². The van der Waals surface area contributed by atoms with Crippen LogP contribution in [0.4, 0.5) is 0 Å². The second-order valence-corrected chi connectivity index (χ2v) is 5.91. The van der Waals surface area contributed by atoms with Crippen LogP contribution in [-0.2, 0) is 19.6 Å². The molecule has 0 aliphatic carbocycles. The van der Waals surface area contributed by atoms with Crippen molar-refractivity contribution in [3.8, 4) is 0 Å². The Morgan fingerprint density at radius 1 is 1.00 bits per heavy atom. The molecule has 0 saturated carbocycles. The van der Waals surface area contributed by atoms with Gasteiger partial charge in [0.25, 0.3) is 0 Å². The molecule has 96 valence electrons. The van der Waals surface area contributed by atoms with Crippen LogP contribution in [0.1, 0.15) is 34.6 Å². The Morgan fingerprint density at radius 2 is 1.31 bits per heavy atom. The van der Waals surface area contributed by atoms with E-state index in [-0.39, 0.29) is 17.6 Å². The number of carbonyl (C=O) groups excluding carboxylic acids is 2. The van der Waals surface area contributed by atoms with Gasteiger partial charge in [-0.2, -0.15) is 0 Å². The third-order valence-corrected chi connectivity index (χ3v) is 2.20. The van der Waals surface area contributed by atoms with Crippen LogP contribution >= 0.6 is 0 Å². The minimum Gasteiger partial charge on any atom is -0.300 e. The van der Waals surface area contributed by atoms with Gasteiger partial charge in [0, 0.05) is 11.8 Å². The molecule has 0 unspecified atom stereocenters. The first-order valence-corrected chi connectivity index (χ1v) is 6.88. The van der Waals surface area contributed by atoms with Crippen LogP contribution in [0.25, 0.3) is 0 Å². The van der Waals surface area contributed by atoms with E-state index in [2.05, 4.69) is 0 Å². The maximum atomic E-state index is 10.7. The Balaban J connectivity index is 0. The van der Waals surface area contributed by atoms with Crippen LogP contribution in [0.2, 0.25) is 0 Å². The van der Waals surface area contributed by atoms with Crippen LogP contribution in [0.5, 0.6) is 0 Å². The molecule has 1 amide bonds. The van der Waals surface area contributed by atoms with Crippen molar-refractivity contribution in [1.82, 2.24) is 4.72 Å². The summed E-state index contributed by atoms with van der Waals surface area (Å²) >= 11 is 0. The number of hydrogen-bond donors (Lipinski definition) is 1. The number of ketones is 1. The lowest BCUT2D eigenvalue weighted by Crippen LogP contribution is -2.32. The van der Waals surface area contributed by atoms with Gasteiger partial charge in [0.2, 0.25) is 15.9 Å². The summed E-state index contributed by atoms with van der Waals surface area (Å²) in [6.45, 7) is 8.64. The molecule has 5 nitrogen and oxygen atoms in total. The molecule has 0 aromatic carbocycles. The van der Waals surface area contributed by atoms with Crippen LogP contribution in [-0.4, -0.2) is 26.4 Å². The zero-order valence-corrected chi connectivity index (χ0v) is 11.5. The summed E-state index contributed by atoms with van der Waals surface area (Å²) in [5.41, 5.74) is 0. The van der Waals surface area contributed by atoms with Gasteiger partial charge in [0.1, 0.15) is 5.78 Å². The van der Waals surface area contributed by atoms with E-state index in [1.54, 1.807) is 20.8 Å². The topological polar surface area (TPSA) is 80.3 Å². The standard InChI is InChI=1S/C5H11NO3S.C5H10O/c1-4(2)5(7)6-10(3,8)9;1-4(2)5(3)6/h4H,1-3H3,(H,6,7);4H,1-3H3. The highest BCUT2D eigenvalue weighted by atomic mass is 32.2. The highest BCUT2D eigenvalue weighted by molar-refractivity contribution is 7.89. The third-order valence-electron chi connectivity index (χ3n) is 1.62. The molecule has 0 bridgehead atoms. The molecule has 0 atom stereocenters. The van der Waals surface area contributed by atoms with Crippen molar-refractivity contribution >= 4 is 21.7 Å². The first-order chi connectivity index (χ1) is 6.97. The van der Waals surface area contributed by atoms with Crippen LogP contribution in [0.15, 0.2) is 0 Å². The quantitative estimate of drug-likeness (QED) is 0.809. The van der Waals surface area contributed by atoms with E-state index in [1.807, 2.05) is 18.6 Å². The van der Waals surface area contributed by atoms with Crippen LogP contribution in [0.3, 0.4) is 0 Å². The monoisotopic (exact) mass is 251 g/mol. The van der Waals surface area contributed by atoms with Gasteiger partial charge in [-0.25, -0.2) is 8.42 Å². The summed E-state index contributed by atoms with van der Waals surface area (Å²) in [6, 6.07) is 0. The van der Waals surface area contributed by atoms with E-state index in [1.165, 1.54) is 0 Å². The Labute approximate surface area is 97.7 Å². The van der Waals surface area contributed by atoms with Crippen molar-refractivity contribution in [2.45, 2.75) is 34.6 Å². The van der Waals surface area contributed by atoms with Crippen LogP contribution < -0.4 is 4.72 Å². The second kappa shape index (κ2) is 7.38. The van der Waals surface area contributed by atoms with Crippen molar-refractivity contribution in [1.29, 1.82) is 0 Å². The molecular weight excluding hydrogens is 230 g/mol. The fraction of sp³-hybridized carbons (Fsp3) is 0.800. The lowest BCUT2D eigenvalue weighted by molar-refractivity contribution is -0.122. The fourth-order valence-electron chi connectivity index (χ4n) is 0.301. The number of sulfonamides is 1. The lowest BCUT2D eigenvalue weighted by atomic mass is 10.1. The predicted octanol–water partition coefficient (Wildman–Crippen LogP) is 0.950. The van der Waals surface area contributed by atoms with Gasteiger partial charge in [0.05, 0.1) is 6.26 Å². The SMILES string of the molecule is CC(=O)C(C)C.CC(C)C(=O)NS(C)(=O)=O. The Kier molecular flexibility index (Phi) is 8.06. The summed E-state index contributed by atoms with van der Waals surface area (Å²) in [4.78, 5) is 20.8. The zero-order chi connectivity index (χ0) is 13.5. The normalized spacial score (nSPS) is 10.8. The number of amides is 1. The van der Waals surface area contributed by atoms with Gasteiger partial charge in [-0.05, 0) is 6.92 Å². The molecule has 0 aliphatic heterocycles. The van der Waals surface area contributed by atoms with Crippen molar-refractivity contribution in [3.05, 3.63) is 0 Å². The largest absolute Gasteiger partial charge is 0.300 e. The van der Waals surface area contributed by atoms with Gasteiger partial charge in [-0.15, -0.1) is 0 Å². The Bertz CT molecular complexity index is 331. The highest BCUT2D eigenvalue weighted by Crippen LogP contribution is 1.91. The first-order valence-electron chi connectivity index (χ1n) is 4.99. The van der Waals surface area contributed by atoms with E-state index in [0.29, 0.717) is 0 Å². The molecule has 0 aromatic rings. The predicted molar refractivity (Wildman–Crippen MR) is 63.3 cm³/mol. The fourth-order valence-corrected chi connectivity index (χ4v) is 0.902. The minimum absolute atomic E-state index is 0.213. The number of Topliss-reactive ketones (excluding diaryl/α,β-unsaturated/α-hetero) is 1. The molecule has 16 heavy (non-hydrogen) atoms. The lowest BCUT2D eigenvalue weighted by Gasteiger charge is -2.03. The van der Waals surface area contributed by atoms with E-state index in [4.69, 9.17) is 0 Å². The van der Waals surface area contributed by atoms with Crippen LogP contribution in [0, 0.1) is 11.8 Å². The number of rotatable bonds is 3. The molecule has 1 N–H and O–H groups in total. The number of hydrogen-bond acceptors (Lipinski definition) is 4. The maximum absolute atomic E-state index is 10.7. The molecule has 0 fully saturated rings. The molecule has 0 aliphatic rings. The Morgan fingerprint density at radius 3 is 1.38 bits per heavy atom. The molecule has 0 radical (unpaired) electrons. The second-order valence-electron chi connectivity index (χ2n) is 4.16. The molecule has 0 heterocycles. The first kappa shape index (κ1) is 17.5. The molecule has 0 saturated heterocycles. The van der Waals surface area contributed by atoms with E-state index in [0.717, 1.165) is 6.26 Å². The maximum Gasteiger partial charge on any atom is 0.235 e. The number of nitrogens with one attached hydrogen (secondary N) is 1. The molecule has 0 aromatic heterocycles. The summed E-state index contributed by atoms with van der Waals surface area (Å²) in [7, 11) is -3.37. The van der Waals surface area contributed by atoms with E-state index in [9.17, 15) is 18.0 Å². The van der Waals surface area contributed by atoms with Gasteiger partial charge >= 0.3 is 0 Å². The molecule has 6 heteroatoms. The third kappa shape index (κ3) is 13.1. The van der Waals surface area contributed by atoms with Crippen molar-refractivity contribution in [3.63, 3.8) is 0 Å². The van der Waals surface area contributed by atoms with Gasteiger partial charge in [-0.3, -0.25) is 14.3 Å². The Hall–Kier alpha value is -0.910. The van der Waals surface area contributed by atoms with Gasteiger partial charge in [-0.1, -0.05) is 27.7 Å². The summed E-state index contributed by atoms with van der Waals surface area (Å²) in [6.07, 6.45) is 0.952. The highest BCUT2D eigenvalue weighted by Gasteiger charge is 2.10. The smallest absolute Gasteiger partial charge is 0.235 e. The number of carbonyl (C=O) groups is 2.